The lowest BCUT2D eigenvalue weighted by Crippen LogP contribution is -2.12. The van der Waals surface area contributed by atoms with E-state index in [-0.39, 0.29) is 17.9 Å². The zero-order valence-corrected chi connectivity index (χ0v) is 15.5. The Morgan fingerprint density at radius 1 is 1.30 bits per heavy atom. The molecule has 1 fully saturated rings. The van der Waals surface area contributed by atoms with Gasteiger partial charge in [0.15, 0.2) is 0 Å². The second kappa shape index (κ2) is 7.14. The van der Waals surface area contributed by atoms with Crippen molar-refractivity contribution in [2.45, 2.75) is 45.1 Å². The molecule has 1 aromatic heterocycles. The van der Waals surface area contributed by atoms with Gasteiger partial charge in [0.1, 0.15) is 11.9 Å². The monoisotopic (exact) mass is 366 g/mol. The van der Waals surface area contributed by atoms with Gasteiger partial charge in [0.2, 0.25) is 0 Å². The van der Waals surface area contributed by atoms with Gasteiger partial charge in [-0.1, -0.05) is 19.1 Å². The lowest BCUT2D eigenvalue weighted by atomic mass is 9.85. The number of benzene rings is 1. The highest BCUT2D eigenvalue weighted by Gasteiger charge is 2.27. The molecule has 2 aliphatic rings. The molecule has 1 aliphatic carbocycles. The molecule has 1 aliphatic heterocycles. The molecular formula is C22H23FN2O2. The Balaban J connectivity index is 1.48. The fourth-order valence-corrected chi connectivity index (χ4v) is 3.92. The number of nitrogens with zero attached hydrogens (tertiary/aromatic N) is 2. The summed E-state index contributed by atoms with van der Waals surface area (Å²) >= 11 is 0. The predicted molar refractivity (Wildman–Crippen MR) is 102 cm³/mol. The third kappa shape index (κ3) is 3.59. The number of allylic oxidation sites excluding steroid dienone is 1. The Morgan fingerprint density at radius 3 is 2.78 bits per heavy atom. The molecule has 27 heavy (non-hydrogen) atoms. The molecule has 2 aromatic rings. The van der Waals surface area contributed by atoms with Crippen LogP contribution < -0.4 is 0 Å². The van der Waals surface area contributed by atoms with Crippen LogP contribution in [-0.2, 0) is 16.0 Å². The molecule has 0 spiro atoms. The number of carbonyl (C=O) groups excluding carboxylic acids is 1. The van der Waals surface area contributed by atoms with Gasteiger partial charge in [-0.15, -0.1) is 0 Å². The first-order valence-electron chi connectivity index (χ1n) is 9.43. The molecule has 0 bridgehead atoms. The minimum Gasteiger partial charge on any atom is -0.459 e. The summed E-state index contributed by atoms with van der Waals surface area (Å²) in [4.78, 5) is 11.4. The van der Waals surface area contributed by atoms with Gasteiger partial charge in [-0.05, 0) is 67.5 Å². The number of ether oxygens (including phenoxy) is 1. The number of cyclic esters (lactones) is 1. The van der Waals surface area contributed by atoms with E-state index in [2.05, 4.69) is 24.7 Å². The first kappa shape index (κ1) is 17.7. The van der Waals surface area contributed by atoms with E-state index in [0.717, 1.165) is 37.1 Å². The first-order chi connectivity index (χ1) is 13.0. The molecule has 0 amide bonds. The quantitative estimate of drug-likeness (QED) is 0.572. The molecule has 0 saturated carbocycles. The fourth-order valence-electron chi connectivity index (χ4n) is 3.92. The van der Waals surface area contributed by atoms with Crippen LogP contribution in [0.3, 0.4) is 0 Å². The molecule has 1 aromatic carbocycles. The molecule has 4 rings (SSSR count). The van der Waals surface area contributed by atoms with Gasteiger partial charge in [-0.25, -0.2) is 13.9 Å². The van der Waals surface area contributed by atoms with Crippen molar-refractivity contribution >= 4 is 12.0 Å². The van der Waals surface area contributed by atoms with Crippen LogP contribution in [0.1, 0.15) is 43.9 Å². The zero-order chi connectivity index (χ0) is 19.0. The van der Waals surface area contributed by atoms with Crippen LogP contribution in [0.25, 0.3) is 11.8 Å². The highest BCUT2D eigenvalue weighted by molar-refractivity contribution is 5.89. The minimum atomic E-state index is -0.252. The number of halogens is 1. The molecule has 0 unspecified atom stereocenters. The van der Waals surface area contributed by atoms with Crippen molar-refractivity contribution < 1.29 is 13.9 Å². The normalized spacial score (nSPS) is 21.8. The van der Waals surface area contributed by atoms with Gasteiger partial charge in [0.05, 0.1) is 17.6 Å². The number of fused-ring (bicyclic) bond motifs is 1. The smallest absolute Gasteiger partial charge is 0.333 e. The first-order valence-corrected chi connectivity index (χ1v) is 9.43. The van der Waals surface area contributed by atoms with E-state index < -0.39 is 0 Å². The molecule has 2 atom stereocenters. The Hall–Kier alpha value is -2.69. The van der Waals surface area contributed by atoms with Crippen molar-refractivity contribution in [1.29, 1.82) is 0 Å². The Bertz CT molecular complexity index is 895. The van der Waals surface area contributed by atoms with Crippen LogP contribution in [0.5, 0.6) is 0 Å². The maximum absolute atomic E-state index is 13.2. The van der Waals surface area contributed by atoms with Gasteiger partial charge >= 0.3 is 5.97 Å². The number of aromatic nitrogens is 2. The number of esters is 1. The van der Waals surface area contributed by atoms with Crippen LogP contribution in [0.2, 0.25) is 0 Å². The van der Waals surface area contributed by atoms with Crippen molar-refractivity contribution in [3.05, 3.63) is 65.3 Å². The third-order valence-electron chi connectivity index (χ3n) is 5.47. The van der Waals surface area contributed by atoms with Crippen molar-refractivity contribution in [2.75, 3.05) is 0 Å². The average Bonchev–Trinajstić information content (AvgIpc) is 3.19. The SMILES string of the molecule is C=C1C[C@H](CCCC2=Cc3c(cnn3-c3ccc(F)cc3)C[C@H]2C)OC1=O. The van der Waals surface area contributed by atoms with Crippen LogP contribution in [0, 0.1) is 11.7 Å². The van der Waals surface area contributed by atoms with Gasteiger partial charge < -0.3 is 4.74 Å². The number of carbonyl (C=O) groups is 1. The summed E-state index contributed by atoms with van der Waals surface area (Å²) in [7, 11) is 0. The summed E-state index contributed by atoms with van der Waals surface area (Å²) in [5, 5.41) is 4.51. The molecule has 2 heterocycles. The standard InChI is InChI=1S/C22H23FN2O2/c1-14-10-17-13-24-25(19-8-6-18(23)7-9-19)21(17)12-16(14)4-3-5-20-11-15(2)22(26)27-20/h6-9,12-14,20H,2-5,10-11H2,1H3/t14-,20+/m1/s1. The van der Waals surface area contributed by atoms with E-state index in [1.807, 2.05) is 10.9 Å². The molecule has 1 saturated heterocycles. The Morgan fingerprint density at radius 2 is 2.07 bits per heavy atom. The Kier molecular flexibility index (Phi) is 4.68. The van der Waals surface area contributed by atoms with Crippen molar-refractivity contribution in [2.24, 2.45) is 5.92 Å². The largest absolute Gasteiger partial charge is 0.459 e. The Labute approximate surface area is 158 Å². The molecule has 4 nitrogen and oxygen atoms in total. The summed E-state index contributed by atoms with van der Waals surface area (Å²) < 4.78 is 20.4. The van der Waals surface area contributed by atoms with Crippen LogP contribution in [-0.4, -0.2) is 21.9 Å². The summed E-state index contributed by atoms with van der Waals surface area (Å²) in [5.74, 6) is -0.0394. The summed E-state index contributed by atoms with van der Waals surface area (Å²) in [6.45, 7) is 5.98. The zero-order valence-electron chi connectivity index (χ0n) is 15.5. The van der Waals surface area contributed by atoms with Crippen LogP contribution in [0.4, 0.5) is 4.39 Å². The summed E-state index contributed by atoms with van der Waals surface area (Å²) in [6.07, 6.45) is 8.51. The van der Waals surface area contributed by atoms with Crippen LogP contribution >= 0.6 is 0 Å². The molecular weight excluding hydrogens is 343 g/mol. The number of rotatable bonds is 5. The summed E-state index contributed by atoms with van der Waals surface area (Å²) in [6, 6.07) is 6.40. The number of hydrogen-bond acceptors (Lipinski definition) is 3. The predicted octanol–water partition coefficient (Wildman–Crippen LogP) is 4.63. The van der Waals surface area contributed by atoms with Gasteiger partial charge in [-0.3, -0.25) is 0 Å². The van der Waals surface area contributed by atoms with Gasteiger partial charge in [0, 0.05) is 12.0 Å². The van der Waals surface area contributed by atoms with Crippen molar-refractivity contribution in [1.82, 2.24) is 9.78 Å². The van der Waals surface area contributed by atoms with Crippen molar-refractivity contribution in [3.63, 3.8) is 0 Å². The maximum Gasteiger partial charge on any atom is 0.333 e. The molecule has 0 radical (unpaired) electrons. The highest BCUT2D eigenvalue weighted by Crippen LogP contribution is 2.33. The maximum atomic E-state index is 13.2. The number of hydrogen-bond donors (Lipinski definition) is 0. The molecule has 0 N–H and O–H groups in total. The third-order valence-corrected chi connectivity index (χ3v) is 5.47. The minimum absolute atomic E-state index is 0.0233. The topological polar surface area (TPSA) is 44.1 Å². The van der Waals surface area contributed by atoms with Gasteiger partial charge in [0.25, 0.3) is 0 Å². The average molecular weight is 366 g/mol. The second-order valence-electron chi connectivity index (χ2n) is 7.49. The van der Waals surface area contributed by atoms with E-state index in [9.17, 15) is 9.18 Å². The van der Waals surface area contributed by atoms with Crippen LogP contribution in [0.15, 0.2) is 48.2 Å². The highest BCUT2D eigenvalue weighted by atomic mass is 19.1. The van der Waals surface area contributed by atoms with Crippen molar-refractivity contribution in [3.8, 4) is 5.69 Å². The molecule has 5 heteroatoms. The van der Waals surface area contributed by atoms with E-state index in [0.29, 0.717) is 17.9 Å². The van der Waals surface area contributed by atoms with E-state index in [1.165, 1.54) is 23.3 Å². The molecule has 140 valence electrons. The fraction of sp³-hybridized carbons (Fsp3) is 0.364. The van der Waals surface area contributed by atoms with E-state index >= 15 is 0 Å². The lowest BCUT2D eigenvalue weighted by molar-refractivity contribution is -0.139. The van der Waals surface area contributed by atoms with E-state index in [1.54, 1.807) is 12.1 Å². The second-order valence-corrected chi connectivity index (χ2v) is 7.49. The summed E-state index contributed by atoms with van der Waals surface area (Å²) in [5.41, 5.74) is 5.12. The van der Waals surface area contributed by atoms with Gasteiger partial charge in [-0.2, -0.15) is 5.10 Å². The van der Waals surface area contributed by atoms with E-state index in [4.69, 9.17) is 4.74 Å². The lowest BCUT2D eigenvalue weighted by Gasteiger charge is -2.22.